The fourth-order valence-electron chi connectivity index (χ4n) is 1.84. The summed E-state index contributed by atoms with van der Waals surface area (Å²) in [6, 6.07) is 5.83. The number of aliphatic hydroxyl groups excluding tert-OH is 1. The maximum atomic E-state index is 9.04. The van der Waals surface area contributed by atoms with Gasteiger partial charge in [-0.1, -0.05) is 24.6 Å². The zero-order valence-corrected chi connectivity index (χ0v) is 11.2. The zero-order valence-electron chi connectivity index (χ0n) is 10.5. The molecule has 0 spiro atoms. The third-order valence-corrected chi connectivity index (χ3v) is 3.03. The van der Waals surface area contributed by atoms with Gasteiger partial charge in [-0.15, -0.1) is 0 Å². The molecule has 4 heteroatoms. The van der Waals surface area contributed by atoms with Crippen molar-refractivity contribution in [2.75, 3.05) is 24.6 Å². The SMILES string of the molecule is CCCN(CCO)c1ccc(C(C)N)c(Cl)c1. The van der Waals surface area contributed by atoms with Gasteiger partial charge in [0.2, 0.25) is 0 Å². The molecule has 0 aliphatic carbocycles. The monoisotopic (exact) mass is 256 g/mol. The summed E-state index contributed by atoms with van der Waals surface area (Å²) in [5.74, 6) is 0. The summed E-state index contributed by atoms with van der Waals surface area (Å²) in [5, 5.41) is 9.73. The zero-order chi connectivity index (χ0) is 12.8. The number of hydrogen-bond acceptors (Lipinski definition) is 3. The smallest absolute Gasteiger partial charge is 0.0606 e. The number of nitrogens with zero attached hydrogens (tertiary/aromatic N) is 1. The molecule has 3 N–H and O–H groups in total. The molecule has 1 atom stereocenters. The number of halogens is 1. The molecule has 0 aliphatic rings. The Kier molecular flexibility index (Phi) is 5.75. The number of anilines is 1. The second kappa shape index (κ2) is 6.84. The molecule has 0 radical (unpaired) electrons. The Bertz CT molecular complexity index is 349. The van der Waals surface area contributed by atoms with Crippen molar-refractivity contribution in [3.05, 3.63) is 28.8 Å². The molecule has 96 valence electrons. The van der Waals surface area contributed by atoms with Crippen molar-refractivity contribution in [2.24, 2.45) is 5.73 Å². The van der Waals surface area contributed by atoms with Crippen LogP contribution in [0.15, 0.2) is 18.2 Å². The number of aliphatic hydroxyl groups is 1. The van der Waals surface area contributed by atoms with E-state index in [2.05, 4.69) is 11.8 Å². The molecule has 3 nitrogen and oxygen atoms in total. The molecule has 0 saturated heterocycles. The van der Waals surface area contributed by atoms with E-state index in [0.717, 1.165) is 24.2 Å². The topological polar surface area (TPSA) is 49.5 Å². The molecular weight excluding hydrogens is 236 g/mol. The van der Waals surface area contributed by atoms with Crippen LogP contribution >= 0.6 is 11.6 Å². The average Bonchev–Trinajstić information content (AvgIpc) is 2.28. The van der Waals surface area contributed by atoms with Gasteiger partial charge in [-0.05, 0) is 31.0 Å². The van der Waals surface area contributed by atoms with Crippen LogP contribution in [0.2, 0.25) is 5.02 Å². The molecule has 0 bridgehead atoms. The lowest BCUT2D eigenvalue weighted by Crippen LogP contribution is -2.27. The number of nitrogens with two attached hydrogens (primary N) is 1. The molecule has 0 heterocycles. The molecule has 0 amide bonds. The molecule has 1 aromatic carbocycles. The van der Waals surface area contributed by atoms with E-state index in [-0.39, 0.29) is 12.6 Å². The maximum Gasteiger partial charge on any atom is 0.0606 e. The summed E-state index contributed by atoms with van der Waals surface area (Å²) in [5.41, 5.74) is 7.81. The predicted octanol–water partition coefficient (Wildman–Crippen LogP) is 2.57. The molecule has 17 heavy (non-hydrogen) atoms. The number of rotatable bonds is 6. The third kappa shape index (κ3) is 3.87. The molecule has 0 fully saturated rings. The van der Waals surface area contributed by atoms with Gasteiger partial charge in [-0.3, -0.25) is 0 Å². The van der Waals surface area contributed by atoms with Gasteiger partial charge in [0, 0.05) is 29.8 Å². The molecule has 1 rings (SSSR count). The molecule has 1 aromatic rings. The predicted molar refractivity (Wildman–Crippen MR) is 73.6 cm³/mol. The summed E-state index contributed by atoms with van der Waals surface area (Å²) in [6.07, 6.45) is 1.03. The Labute approximate surface area is 108 Å². The first-order valence-corrected chi connectivity index (χ1v) is 6.38. The van der Waals surface area contributed by atoms with E-state index in [9.17, 15) is 0 Å². The van der Waals surface area contributed by atoms with Crippen LogP contribution in [-0.2, 0) is 0 Å². The quantitative estimate of drug-likeness (QED) is 0.823. The van der Waals surface area contributed by atoms with E-state index in [1.54, 1.807) is 0 Å². The van der Waals surface area contributed by atoms with E-state index in [4.69, 9.17) is 22.4 Å². The summed E-state index contributed by atoms with van der Waals surface area (Å²) < 4.78 is 0. The van der Waals surface area contributed by atoms with Crippen molar-refractivity contribution in [3.63, 3.8) is 0 Å². The van der Waals surface area contributed by atoms with Crippen molar-refractivity contribution in [1.29, 1.82) is 0 Å². The van der Waals surface area contributed by atoms with Crippen molar-refractivity contribution in [2.45, 2.75) is 26.3 Å². The largest absolute Gasteiger partial charge is 0.395 e. The Morgan fingerprint density at radius 3 is 2.59 bits per heavy atom. The minimum absolute atomic E-state index is 0.0611. The van der Waals surface area contributed by atoms with E-state index in [1.165, 1.54) is 0 Å². The fraction of sp³-hybridized carbons (Fsp3) is 0.538. The van der Waals surface area contributed by atoms with Crippen molar-refractivity contribution in [3.8, 4) is 0 Å². The molecular formula is C13H21ClN2O. The number of benzene rings is 1. The van der Waals surface area contributed by atoms with Gasteiger partial charge in [0.15, 0.2) is 0 Å². The Morgan fingerprint density at radius 2 is 2.12 bits per heavy atom. The minimum atomic E-state index is -0.0611. The first kappa shape index (κ1) is 14.3. The van der Waals surface area contributed by atoms with Gasteiger partial charge in [0.25, 0.3) is 0 Å². The van der Waals surface area contributed by atoms with Gasteiger partial charge in [0.05, 0.1) is 6.61 Å². The second-order valence-corrected chi connectivity index (χ2v) is 4.61. The first-order chi connectivity index (χ1) is 8.10. The summed E-state index contributed by atoms with van der Waals surface area (Å²) in [7, 11) is 0. The number of hydrogen-bond donors (Lipinski definition) is 2. The van der Waals surface area contributed by atoms with Crippen LogP contribution in [0, 0.1) is 0 Å². The van der Waals surface area contributed by atoms with Gasteiger partial charge in [-0.25, -0.2) is 0 Å². The van der Waals surface area contributed by atoms with Gasteiger partial charge >= 0.3 is 0 Å². The van der Waals surface area contributed by atoms with E-state index in [0.29, 0.717) is 11.6 Å². The van der Waals surface area contributed by atoms with Crippen molar-refractivity contribution in [1.82, 2.24) is 0 Å². The molecule has 1 unspecified atom stereocenters. The van der Waals surface area contributed by atoms with Crippen molar-refractivity contribution < 1.29 is 5.11 Å². The summed E-state index contributed by atoms with van der Waals surface area (Å²) >= 11 is 6.20. The van der Waals surface area contributed by atoms with Crippen LogP contribution in [0.5, 0.6) is 0 Å². The Hall–Kier alpha value is -0.770. The molecule has 0 aromatic heterocycles. The third-order valence-electron chi connectivity index (χ3n) is 2.70. The second-order valence-electron chi connectivity index (χ2n) is 4.21. The van der Waals surface area contributed by atoms with Gasteiger partial charge in [0.1, 0.15) is 0 Å². The lowest BCUT2D eigenvalue weighted by atomic mass is 10.1. The average molecular weight is 257 g/mol. The Balaban J connectivity index is 2.93. The van der Waals surface area contributed by atoms with Crippen LogP contribution in [0.1, 0.15) is 31.9 Å². The summed E-state index contributed by atoms with van der Waals surface area (Å²) in [4.78, 5) is 2.12. The van der Waals surface area contributed by atoms with Crippen LogP contribution < -0.4 is 10.6 Å². The lowest BCUT2D eigenvalue weighted by molar-refractivity contribution is 0.302. The summed E-state index contributed by atoms with van der Waals surface area (Å²) in [6.45, 7) is 5.71. The highest BCUT2D eigenvalue weighted by Crippen LogP contribution is 2.27. The lowest BCUT2D eigenvalue weighted by Gasteiger charge is -2.24. The van der Waals surface area contributed by atoms with Crippen LogP contribution in [-0.4, -0.2) is 24.8 Å². The van der Waals surface area contributed by atoms with E-state index < -0.39 is 0 Å². The van der Waals surface area contributed by atoms with E-state index in [1.807, 2.05) is 25.1 Å². The maximum absolute atomic E-state index is 9.04. The van der Waals surface area contributed by atoms with Crippen molar-refractivity contribution >= 4 is 17.3 Å². The normalized spacial score (nSPS) is 12.5. The first-order valence-electron chi connectivity index (χ1n) is 6.01. The standard InChI is InChI=1S/C13H21ClN2O/c1-3-6-16(7-8-17)11-4-5-12(10(2)15)13(14)9-11/h4-5,9-10,17H,3,6-8,15H2,1-2H3. The minimum Gasteiger partial charge on any atom is -0.395 e. The van der Waals surface area contributed by atoms with Gasteiger partial charge < -0.3 is 15.7 Å². The van der Waals surface area contributed by atoms with Crippen LogP contribution in [0.25, 0.3) is 0 Å². The van der Waals surface area contributed by atoms with Gasteiger partial charge in [-0.2, -0.15) is 0 Å². The fourth-order valence-corrected chi connectivity index (χ4v) is 2.19. The highest BCUT2D eigenvalue weighted by Gasteiger charge is 2.09. The highest BCUT2D eigenvalue weighted by atomic mass is 35.5. The van der Waals surface area contributed by atoms with Crippen LogP contribution in [0.4, 0.5) is 5.69 Å². The molecule has 0 saturated carbocycles. The molecule has 0 aliphatic heterocycles. The van der Waals surface area contributed by atoms with E-state index >= 15 is 0 Å². The van der Waals surface area contributed by atoms with Crippen LogP contribution in [0.3, 0.4) is 0 Å². The Morgan fingerprint density at radius 1 is 1.41 bits per heavy atom. The highest BCUT2D eigenvalue weighted by molar-refractivity contribution is 6.31.